The molecule has 0 amide bonds. The Morgan fingerprint density at radius 1 is 1.61 bits per heavy atom. The van der Waals surface area contributed by atoms with Gasteiger partial charge >= 0.3 is 5.97 Å². The van der Waals surface area contributed by atoms with Crippen LogP contribution in [0.4, 0.5) is 0 Å². The maximum absolute atomic E-state index is 10.9. The highest BCUT2D eigenvalue weighted by molar-refractivity contribution is 9.10. The first-order valence-corrected chi connectivity index (χ1v) is 7.10. The molecule has 0 radical (unpaired) electrons. The summed E-state index contributed by atoms with van der Waals surface area (Å²) in [6.45, 7) is 3.02. The van der Waals surface area contributed by atoms with Crippen molar-refractivity contribution in [3.05, 3.63) is 22.6 Å². The van der Waals surface area contributed by atoms with Crippen molar-refractivity contribution in [1.82, 2.24) is 4.90 Å². The molecule has 2 atom stereocenters. The fourth-order valence-corrected chi connectivity index (χ4v) is 2.99. The minimum atomic E-state index is -0.722. The number of likely N-dealkylation sites (tertiary alicyclic amines) is 1. The summed E-state index contributed by atoms with van der Waals surface area (Å²) >= 11 is 3.30. The average Bonchev–Trinajstić information content (AvgIpc) is 2.75. The quantitative estimate of drug-likeness (QED) is 0.924. The molecule has 100 valence electrons. The largest absolute Gasteiger partial charge is 0.481 e. The molecule has 1 aromatic rings. The van der Waals surface area contributed by atoms with Gasteiger partial charge in [0.1, 0.15) is 5.76 Å². The molecule has 1 aromatic heterocycles. The first-order chi connectivity index (χ1) is 8.58. The normalized spacial score (nSPS) is 22.9. The lowest BCUT2D eigenvalue weighted by molar-refractivity contribution is -0.139. The van der Waals surface area contributed by atoms with Crippen LogP contribution in [0.15, 0.2) is 21.2 Å². The van der Waals surface area contributed by atoms with E-state index in [0.29, 0.717) is 0 Å². The molecule has 2 unspecified atom stereocenters. The van der Waals surface area contributed by atoms with Gasteiger partial charge in [-0.2, -0.15) is 0 Å². The topological polar surface area (TPSA) is 53.7 Å². The molecule has 4 nitrogen and oxygen atoms in total. The summed E-state index contributed by atoms with van der Waals surface area (Å²) in [6.07, 6.45) is 3.41. The Morgan fingerprint density at radius 2 is 2.39 bits per heavy atom. The minimum absolute atomic E-state index is 0.120. The van der Waals surface area contributed by atoms with Crippen LogP contribution < -0.4 is 0 Å². The average molecular weight is 316 g/mol. The number of carboxylic acid groups (broad SMARTS) is 1. The van der Waals surface area contributed by atoms with E-state index in [-0.39, 0.29) is 18.5 Å². The highest BCUT2D eigenvalue weighted by atomic mass is 79.9. The molecule has 0 spiro atoms. The van der Waals surface area contributed by atoms with Crippen LogP contribution in [0, 0.1) is 0 Å². The van der Waals surface area contributed by atoms with E-state index in [1.165, 1.54) is 0 Å². The van der Waals surface area contributed by atoms with Gasteiger partial charge in [-0.25, -0.2) is 0 Å². The number of nitrogens with zero attached hydrogens (tertiary/aromatic N) is 1. The van der Waals surface area contributed by atoms with E-state index in [2.05, 4.69) is 27.8 Å². The predicted octanol–water partition coefficient (Wildman–Crippen LogP) is 3.43. The number of carbonyl (C=O) groups is 1. The number of piperidine rings is 1. The van der Waals surface area contributed by atoms with E-state index in [1.807, 2.05) is 12.1 Å². The van der Waals surface area contributed by atoms with E-state index in [9.17, 15) is 4.79 Å². The first kappa shape index (κ1) is 13.6. The second kappa shape index (κ2) is 5.89. The molecule has 1 aliphatic heterocycles. The monoisotopic (exact) mass is 315 g/mol. The molecule has 1 fully saturated rings. The maximum atomic E-state index is 10.9. The van der Waals surface area contributed by atoms with Gasteiger partial charge < -0.3 is 9.52 Å². The van der Waals surface area contributed by atoms with Gasteiger partial charge in [-0.3, -0.25) is 9.69 Å². The molecule has 18 heavy (non-hydrogen) atoms. The van der Waals surface area contributed by atoms with Crippen molar-refractivity contribution < 1.29 is 14.3 Å². The van der Waals surface area contributed by atoms with Crippen molar-refractivity contribution in [3.8, 4) is 0 Å². The third-order valence-electron chi connectivity index (χ3n) is 3.59. The van der Waals surface area contributed by atoms with Crippen molar-refractivity contribution in [2.24, 2.45) is 0 Å². The van der Waals surface area contributed by atoms with Crippen LogP contribution in [-0.4, -0.2) is 28.6 Å². The molecule has 0 aliphatic carbocycles. The van der Waals surface area contributed by atoms with Crippen LogP contribution in [0.1, 0.15) is 44.4 Å². The molecule has 1 aliphatic rings. The van der Waals surface area contributed by atoms with Gasteiger partial charge in [0, 0.05) is 6.04 Å². The Morgan fingerprint density at radius 3 is 3.00 bits per heavy atom. The SMILES string of the molecule is CC(c1ccc(Br)o1)N1CCCCC1CC(=O)O. The fraction of sp³-hybridized carbons (Fsp3) is 0.615. The van der Waals surface area contributed by atoms with Crippen molar-refractivity contribution in [3.63, 3.8) is 0 Å². The number of carboxylic acids is 1. The predicted molar refractivity (Wildman–Crippen MR) is 71.4 cm³/mol. The molecule has 1 N–H and O–H groups in total. The lowest BCUT2D eigenvalue weighted by atomic mass is 9.97. The number of furan rings is 1. The summed E-state index contributed by atoms with van der Waals surface area (Å²) < 4.78 is 6.30. The van der Waals surface area contributed by atoms with Crippen LogP contribution in [-0.2, 0) is 4.79 Å². The van der Waals surface area contributed by atoms with Gasteiger partial charge in [0.2, 0.25) is 0 Å². The van der Waals surface area contributed by atoms with E-state index in [4.69, 9.17) is 9.52 Å². The molecule has 2 rings (SSSR count). The van der Waals surface area contributed by atoms with Crippen molar-refractivity contribution in [1.29, 1.82) is 0 Å². The lowest BCUT2D eigenvalue weighted by Crippen LogP contribution is -2.42. The third kappa shape index (κ3) is 3.14. The highest BCUT2D eigenvalue weighted by Gasteiger charge is 2.30. The van der Waals surface area contributed by atoms with Gasteiger partial charge in [-0.05, 0) is 54.4 Å². The second-order valence-corrected chi connectivity index (χ2v) is 5.58. The molecule has 5 heteroatoms. The van der Waals surface area contributed by atoms with E-state index >= 15 is 0 Å². The Hall–Kier alpha value is -0.810. The molecule has 0 bridgehead atoms. The summed E-state index contributed by atoms with van der Waals surface area (Å²) in [5.74, 6) is 0.166. The number of aliphatic carboxylic acids is 1. The summed E-state index contributed by atoms with van der Waals surface area (Å²) in [6, 6.07) is 4.07. The van der Waals surface area contributed by atoms with Crippen LogP contribution in [0.2, 0.25) is 0 Å². The van der Waals surface area contributed by atoms with Crippen LogP contribution in [0.25, 0.3) is 0 Å². The Kier molecular flexibility index (Phi) is 4.45. The highest BCUT2D eigenvalue weighted by Crippen LogP contribution is 2.31. The van der Waals surface area contributed by atoms with Gasteiger partial charge in [-0.1, -0.05) is 6.42 Å². The van der Waals surface area contributed by atoms with Gasteiger partial charge in [-0.15, -0.1) is 0 Å². The maximum Gasteiger partial charge on any atom is 0.304 e. The zero-order valence-corrected chi connectivity index (χ0v) is 12.0. The van der Waals surface area contributed by atoms with E-state index < -0.39 is 5.97 Å². The first-order valence-electron chi connectivity index (χ1n) is 6.30. The van der Waals surface area contributed by atoms with Crippen molar-refractivity contribution >= 4 is 21.9 Å². The van der Waals surface area contributed by atoms with Gasteiger partial charge in [0.25, 0.3) is 0 Å². The second-order valence-electron chi connectivity index (χ2n) is 4.80. The molecule has 0 saturated carbocycles. The van der Waals surface area contributed by atoms with Crippen LogP contribution in [0.3, 0.4) is 0 Å². The summed E-state index contributed by atoms with van der Waals surface area (Å²) in [4.78, 5) is 13.2. The number of hydrogen-bond acceptors (Lipinski definition) is 3. The zero-order valence-electron chi connectivity index (χ0n) is 10.4. The number of hydrogen-bond donors (Lipinski definition) is 1. The molecular formula is C13H18BrNO3. The third-order valence-corrected chi connectivity index (χ3v) is 4.01. The Balaban J connectivity index is 2.10. The standard InChI is InChI=1S/C13H18BrNO3/c1-9(11-5-6-12(14)18-11)15-7-3-2-4-10(15)8-13(16)17/h5-6,9-10H,2-4,7-8H2,1H3,(H,16,17). The van der Waals surface area contributed by atoms with Crippen LogP contribution >= 0.6 is 15.9 Å². The molecule has 1 saturated heterocycles. The zero-order chi connectivity index (χ0) is 13.1. The van der Waals surface area contributed by atoms with E-state index in [1.54, 1.807) is 0 Å². The lowest BCUT2D eigenvalue weighted by Gasteiger charge is -2.38. The Labute approximate surface area is 115 Å². The minimum Gasteiger partial charge on any atom is -0.481 e. The molecular weight excluding hydrogens is 298 g/mol. The van der Waals surface area contributed by atoms with Gasteiger partial charge in [0.15, 0.2) is 4.67 Å². The summed E-state index contributed by atoms with van der Waals surface area (Å²) in [5, 5.41) is 8.98. The smallest absolute Gasteiger partial charge is 0.304 e. The molecule has 0 aromatic carbocycles. The Bertz CT molecular complexity index is 418. The number of rotatable bonds is 4. The van der Waals surface area contributed by atoms with Crippen LogP contribution in [0.5, 0.6) is 0 Å². The van der Waals surface area contributed by atoms with E-state index in [0.717, 1.165) is 36.2 Å². The van der Waals surface area contributed by atoms with Crippen molar-refractivity contribution in [2.75, 3.05) is 6.54 Å². The summed E-state index contributed by atoms with van der Waals surface area (Å²) in [5.41, 5.74) is 0. The summed E-state index contributed by atoms with van der Waals surface area (Å²) in [7, 11) is 0. The van der Waals surface area contributed by atoms with Crippen molar-refractivity contribution in [2.45, 2.75) is 44.7 Å². The molecule has 2 heterocycles. The fourth-order valence-electron chi connectivity index (χ4n) is 2.67. The van der Waals surface area contributed by atoms with Gasteiger partial charge in [0.05, 0.1) is 12.5 Å². The number of halogens is 1.